The second kappa shape index (κ2) is 4.74. The lowest BCUT2D eigenvalue weighted by Gasteiger charge is -2.07. The Kier molecular flexibility index (Phi) is 3.90. The molecule has 0 aliphatic heterocycles. The van der Waals surface area contributed by atoms with Crippen LogP contribution in [0.15, 0.2) is 0 Å². The first-order valence-electron chi connectivity index (χ1n) is 4.39. The highest BCUT2D eigenvalue weighted by molar-refractivity contribution is 14.1. The van der Waals surface area contributed by atoms with Crippen molar-refractivity contribution in [1.29, 1.82) is 0 Å². The van der Waals surface area contributed by atoms with Gasteiger partial charge in [-0.3, -0.25) is 0 Å². The summed E-state index contributed by atoms with van der Waals surface area (Å²) in [4.78, 5) is 8.82. The Morgan fingerprint density at radius 3 is 2.62 bits per heavy atom. The van der Waals surface area contributed by atoms with E-state index >= 15 is 0 Å². The summed E-state index contributed by atoms with van der Waals surface area (Å²) in [6.07, 6.45) is 2.04. The van der Waals surface area contributed by atoms with Gasteiger partial charge >= 0.3 is 0 Å². The average Bonchev–Trinajstić information content (AvgIpc) is 2.11. The lowest BCUT2D eigenvalue weighted by molar-refractivity contribution is 0.823. The average molecular weight is 291 g/mol. The molecule has 0 unspecified atom stereocenters. The standard InChI is InChI=1S/C9H14IN3/c1-4-5-7-12-6(2)8(10)9(11-3)13-7/h4-5H2,1-3H3,(H,11,12,13). The van der Waals surface area contributed by atoms with E-state index in [1.807, 2.05) is 14.0 Å². The van der Waals surface area contributed by atoms with Gasteiger partial charge in [-0.05, 0) is 35.9 Å². The molecule has 0 spiro atoms. The van der Waals surface area contributed by atoms with Gasteiger partial charge in [0, 0.05) is 13.5 Å². The molecule has 1 heterocycles. The van der Waals surface area contributed by atoms with Crippen molar-refractivity contribution in [1.82, 2.24) is 9.97 Å². The van der Waals surface area contributed by atoms with E-state index in [1.54, 1.807) is 0 Å². The van der Waals surface area contributed by atoms with Crippen LogP contribution in [0, 0.1) is 10.5 Å². The number of hydrogen-bond acceptors (Lipinski definition) is 3. The van der Waals surface area contributed by atoms with Gasteiger partial charge in [-0.25, -0.2) is 9.97 Å². The largest absolute Gasteiger partial charge is 0.372 e. The van der Waals surface area contributed by atoms with Gasteiger partial charge in [-0.15, -0.1) is 0 Å². The first kappa shape index (κ1) is 10.7. The highest BCUT2D eigenvalue weighted by atomic mass is 127. The minimum absolute atomic E-state index is 0.935. The molecule has 0 atom stereocenters. The monoisotopic (exact) mass is 291 g/mol. The van der Waals surface area contributed by atoms with Crippen LogP contribution in [0.4, 0.5) is 5.82 Å². The fourth-order valence-electron chi connectivity index (χ4n) is 1.12. The maximum absolute atomic E-state index is 4.41. The zero-order valence-electron chi connectivity index (χ0n) is 8.19. The number of anilines is 1. The summed E-state index contributed by atoms with van der Waals surface area (Å²) in [5.74, 6) is 1.88. The van der Waals surface area contributed by atoms with E-state index in [-0.39, 0.29) is 0 Å². The van der Waals surface area contributed by atoms with Gasteiger partial charge in [0.2, 0.25) is 0 Å². The van der Waals surface area contributed by atoms with Crippen LogP contribution in [0.2, 0.25) is 0 Å². The third-order valence-electron chi connectivity index (χ3n) is 1.77. The van der Waals surface area contributed by atoms with Crippen LogP contribution in [0.1, 0.15) is 24.9 Å². The third-order valence-corrected chi connectivity index (χ3v) is 3.07. The van der Waals surface area contributed by atoms with E-state index in [2.05, 4.69) is 44.8 Å². The van der Waals surface area contributed by atoms with Gasteiger partial charge in [-0.2, -0.15) is 0 Å². The van der Waals surface area contributed by atoms with Crippen molar-refractivity contribution < 1.29 is 0 Å². The molecule has 0 bridgehead atoms. The van der Waals surface area contributed by atoms with Crippen LogP contribution in [0.5, 0.6) is 0 Å². The predicted molar refractivity (Wildman–Crippen MR) is 63.0 cm³/mol. The molecular formula is C9H14IN3. The number of nitrogens with one attached hydrogen (secondary N) is 1. The fourth-order valence-corrected chi connectivity index (χ4v) is 1.63. The van der Waals surface area contributed by atoms with Crippen LogP contribution in [0.25, 0.3) is 0 Å². The number of aromatic nitrogens is 2. The van der Waals surface area contributed by atoms with E-state index in [9.17, 15) is 0 Å². The topological polar surface area (TPSA) is 37.8 Å². The molecule has 3 nitrogen and oxygen atoms in total. The molecule has 1 aromatic rings. The summed E-state index contributed by atoms with van der Waals surface area (Å²) in [6, 6.07) is 0. The molecule has 0 fully saturated rings. The molecule has 72 valence electrons. The molecule has 0 saturated heterocycles. The van der Waals surface area contributed by atoms with Crippen LogP contribution in [-0.2, 0) is 6.42 Å². The maximum atomic E-state index is 4.41. The highest BCUT2D eigenvalue weighted by Crippen LogP contribution is 2.18. The normalized spacial score (nSPS) is 10.2. The van der Waals surface area contributed by atoms with Crippen molar-refractivity contribution >= 4 is 28.4 Å². The molecule has 0 aromatic carbocycles. The van der Waals surface area contributed by atoms with Gasteiger partial charge in [-0.1, -0.05) is 6.92 Å². The number of halogens is 1. The predicted octanol–water partition coefficient (Wildman–Crippen LogP) is 2.38. The molecule has 0 aliphatic carbocycles. The van der Waals surface area contributed by atoms with Gasteiger partial charge in [0.25, 0.3) is 0 Å². The zero-order chi connectivity index (χ0) is 9.84. The molecule has 0 radical (unpaired) electrons. The molecule has 0 aliphatic rings. The van der Waals surface area contributed by atoms with Crippen molar-refractivity contribution in [2.45, 2.75) is 26.7 Å². The first-order chi connectivity index (χ1) is 6.19. The third kappa shape index (κ3) is 2.52. The Bertz CT molecular complexity index is 299. The molecule has 13 heavy (non-hydrogen) atoms. The second-order valence-corrected chi connectivity index (χ2v) is 3.97. The summed E-state index contributed by atoms with van der Waals surface area (Å²) in [6.45, 7) is 4.15. The van der Waals surface area contributed by atoms with Crippen molar-refractivity contribution in [3.05, 3.63) is 15.1 Å². The fraction of sp³-hybridized carbons (Fsp3) is 0.556. The molecule has 0 saturated carbocycles. The van der Waals surface area contributed by atoms with Crippen LogP contribution in [0.3, 0.4) is 0 Å². The van der Waals surface area contributed by atoms with E-state index in [0.717, 1.165) is 33.7 Å². The van der Waals surface area contributed by atoms with Gasteiger partial charge < -0.3 is 5.32 Å². The SMILES string of the molecule is CCCc1nc(C)c(I)c(NC)n1. The Hall–Kier alpha value is -0.390. The lowest BCUT2D eigenvalue weighted by Crippen LogP contribution is -2.05. The maximum Gasteiger partial charge on any atom is 0.143 e. The Morgan fingerprint density at radius 1 is 1.38 bits per heavy atom. The highest BCUT2D eigenvalue weighted by Gasteiger charge is 2.06. The smallest absolute Gasteiger partial charge is 0.143 e. The van der Waals surface area contributed by atoms with Gasteiger partial charge in [0.15, 0.2) is 0 Å². The van der Waals surface area contributed by atoms with Gasteiger partial charge in [0.05, 0.1) is 9.26 Å². The summed E-state index contributed by atoms with van der Waals surface area (Å²) in [5.41, 5.74) is 1.06. The zero-order valence-corrected chi connectivity index (χ0v) is 10.3. The molecule has 4 heteroatoms. The number of aryl methyl sites for hydroxylation is 2. The second-order valence-electron chi connectivity index (χ2n) is 2.89. The van der Waals surface area contributed by atoms with Crippen LogP contribution >= 0.6 is 22.6 Å². The number of rotatable bonds is 3. The summed E-state index contributed by atoms with van der Waals surface area (Å²) in [7, 11) is 1.89. The minimum Gasteiger partial charge on any atom is -0.372 e. The Morgan fingerprint density at radius 2 is 2.08 bits per heavy atom. The lowest BCUT2D eigenvalue weighted by atomic mass is 10.3. The quantitative estimate of drug-likeness (QED) is 0.869. The van der Waals surface area contributed by atoms with Crippen molar-refractivity contribution in [2.75, 3.05) is 12.4 Å². The van der Waals surface area contributed by atoms with E-state index in [4.69, 9.17) is 0 Å². The minimum atomic E-state index is 0.935. The Balaban J connectivity index is 3.06. The van der Waals surface area contributed by atoms with E-state index in [0.29, 0.717) is 0 Å². The molecular weight excluding hydrogens is 277 g/mol. The first-order valence-corrected chi connectivity index (χ1v) is 5.47. The van der Waals surface area contributed by atoms with E-state index < -0.39 is 0 Å². The summed E-state index contributed by atoms with van der Waals surface area (Å²) >= 11 is 2.26. The van der Waals surface area contributed by atoms with Crippen LogP contribution in [-0.4, -0.2) is 17.0 Å². The van der Waals surface area contributed by atoms with Crippen LogP contribution < -0.4 is 5.32 Å². The van der Waals surface area contributed by atoms with Gasteiger partial charge in [0.1, 0.15) is 11.6 Å². The molecule has 1 aromatic heterocycles. The van der Waals surface area contributed by atoms with Crippen molar-refractivity contribution in [3.63, 3.8) is 0 Å². The van der Waals surface area contributed by atoms with Crippen molar-refractivity contribution in [2.24, 2.45) is 0 Å². The Labute approximate surface area is 92.5 Å². The molecule has 1 rings (SSSR count). The van der Waals surface area contributed by atoms with E-state index in [1.165, 1.54) is 0 Å². The molecule has 1 N–H and O–H groups in total. The number of hydrogen-bond donors (Lipinski definition) is 1. The molecule has 0 amide bonds. The van der Waals surface area contributed by atoms with Crippen molar-refractivity contribution in [3.8, 4) is 0 Å². The number of nitrogens with zero attached hydrogens (tertiary/aromatic N) is 2. The summed E-state index contributed by atoms with van der Waals surface area (Å²) < 4.78 is 1.11. The summed E-state index contributed by atoms with van der Waals surface area (Å²) in [5, 5.41) is 3.08.